The fourth-order valence-corrected chi connectivity index (χ4v) is 2.46. The van der Waals surface area contributed by atoms with Crippen LogP contribution in [0.3, 0.4) is 0 Å². The molecule has 0 saturated heterocycles. The van der Waals surface area contributed by atoms with Crippen molar-refractivity contribution in [2.75, 3.05) is 5.32 Å². The lowest BCUT2D eigenvalue weighted by atomic mass is 10.1. The predicted octanol–water partition coefficient (Wildman–Crippen LogP) is 3.47. The number of carbonyl (C=O) groups is 1. The average molecular weight is 350 g/mol. The molecule has 0 radical (unpaired) electrons. The first-order chi connectivity index (χ1) is 12.6. The van der Waals surface area contributed by atoms with Gasteiger partial charge >= 0.3 is 0 Å². The number of benzene rings is 2. The predicted molar refractivity (Wildman–Crippen MR) is 98.1 cm³/mol. The van der Waals surface area contributed by atoms with E-state index in [1.807, 2.05) is 31.2 Å². The van der Waals surface area contributed by atoms with Crippen LogP contribution in [0.1, 0.15) is 27.2 Å². The number of hydrogen-bond donors (Lipinski definition) is 2. The monoisotopic (exact) mass is 350 g/mol. The fourth-order valence-electron chi connectivity index (χ4n) is 2.46. The summed E-state index contributed by atoms with van der Waals surface area (Å²) in [7, 11) is 0. The maximum absolute atomic E-state index is 13.6. The summed E-state index contributed by atoms with van der Waals surface area (Å²) in [6.07, 6.45) is 1.52. The van der Waals surface area contributed by atoms with Gasteiger partial charge in [-0.05, 0) is 30.2 Å². The molecule has 132 valence electrons. The van der Waals surface area contributed by atoms with E-state index < -0.39 is 0 Å². The van der Waals surface area contributed by atoms with Gasteiger partial charge in [0.05, 0.1) is 0 Å². The van der Waals surface area contributed by atoms with Crippen LogP contribution in [-0.4, -0.2) is 15.9 Å². The first-order valence-corrected chi connectivity index (χ1v) is 8.26. The second-order valence-corrected chi connectivity index (χ2v) is 5.82. The van der Waals surface area contributed by atoms with Gasteiger partial charge in [-0.2, -0.15) is 0 Å². The normalized spacial score (nSPS) is 10.4. The van der Waals surface area contributed by atoms with Gasteiger partial charge in [0.1, 0.15) is 11.5 Å². The van der Waals surface area contributed by atoms with Crippen LogP contribution in [-0.2, 0) is 13.1 Å². The zero-order valence-electron chi connectivity index (χ0n) is 14.4. The van der Waals surface area contributed by atoms with E-state index in [4.69, 9.17) is 0 Å². The van der Waals surface area contributed by atoms with Crippen LogP contribution >= 0.6 is 0 Å². The summed E-state index contributed by atoms with van der Waals surface area (Å²) in [4.78, 5) is 20.6. The second kappa shape index (κ2) is 8.20. The molecule has 0 unspecified atom stereocenters. The fraction of sp³-hybridized carbons (Fsp3) is 0.150. The largest absolute Gasteiger partial charge is 0.350 e. The highest BCUT2D eigenvalue weighted by atomic mass is 19.1. The van der Waals surface area contributed by atoms with Gasteiger partial charge < -0.3 is 10.6 Å². The molecular formula is C20H19FN4O. The summed E-state index contributed by atoms with van der Waals surface area (Å²) < 4.78 is 13.6. The Labute approximate surface area is 151 Å². The number of rotatable bonds is 6. The molecule has 2 aromatic carbocycles. The molecule has 0 saturated carbocycles. The summed E-state index contributed by atoms with van der Waals surface area (Å²) in [5.41, 5.74) is 2.95. The first-order valence-electron chi connectivity index (χ1n) is 8.26. The molecule has 5 nitrogen and oxygen atoms in total. The average Bonchev–Trinajstić information content (AvgIpc) is 2.67. The topological polar surface area (TPSA) is 66.9 Å². The lowest BCUT2D eigenvalue weighted by Gasteiger charge is -2.09. The van der Waals surface area contributed by atoms with Gasteiger partial charge in [-0.15, -0.1) is 0 Å². The Morgan fingerprint density at radius 3 is 2.50 bits per heavy atom. The first kappa shape index (κ1) is 17.5. The quantitative estimate of drug-likeness (QED) is 0.714. The van der Waals surface area contributed by atoms with E-state index in [1.54, 1.807) is 18.2 Å². The van der Waals surface area contributed by atoms with Crippen molar-refractivity contribution in [3.8, 4) is 0 Å². The number of nitrogens with one attached hydrogen (secondary N) is 2. The van der Waals surface area contributed by atoms with Crippen molar-refractivity contribution < 1.29 is 9.18 Å². The third-order valence-electron chi connectivity index (χ3n) is 3.98. The lowest BCUT2D eigenvalue weighted by Crippen LogP contribution is -2.24. The number of anilines is 1. The Bertz CT molecular complexity index is 914. The van der Waals surface area contributed by atoms with Gasteiger partial charge in [-0.3, -0.25) is 4.79 Å². The van der Waals surface area contributed by atoms with Crippen LogP contribution in [0.4, 0.5) is 10.3 Å². The highest BCUT2D eigenvalue weighted by molar-refractivity contribution is 5.92. The Balaban J connectivity index is 1.62. The molecule has 2 N–H and O–H groups in total. The Kier molecular flexibility index (Phi) is 5.53. The molecule has 0 fully saturated rings. The van der Waals surface area contributed by atoms with Gasteiger partial charge in [0.15, 0.2) is 0 Å². The van der Waals surface area contributed by atoms with Crippen molar-refractivity contribution in [1.82, 2.24) is 15.3 Å². The van der Waals surface area contributed by atoms with Crippen molar-refractivity contribution in [2.45, 2.75) is 20.0 Å². The minimum Gasteiger partial charge on any atom is -0.350 e. The molecule has 1 aromatic heterocycles. The second-order valence-electron chi connectivity index (χ2n) is 5.82. The molecule has 3 aromatic rings. The van der Waals surface area contributed by atoms with Crippen LogP contribution in [0.15, 0.2) is 60.8 Å². The number of aryl methyl sites for hydroxylation is 1. The van der Waals surface area contributed by atoms with Gasteiger partial charge in [-0.1, -0.05) is 42.5 Å². The summed E-state index contributed by atoms with van der Waals surface area (Å²) in [5, 5.41) is 5.79. The van der Waals surface area contributed by atoms with E-state index >= 15 is 0 Å². The highest BCUT2D eigenvalue weighted by Gasteiger charge is 2.10. The van der Waals surface area contributed by atoms with Crippen LogP contribution < -0.4 is 10.6 Å². The maximum Gasteiger partial charge on any atom is 0.270 e. The van der Waals surface area contributed by atoms with E-state index in [-0.39, 0.29) is 24.0 Å². The number of carbonyl (C=O) groups excluding carboxylic acids is 1. The van der Waals surface area contributed by atoms with Crippen molar-refractivity contribution >= 4 is 11.9 Å². The third kappa shape index (κ3) is 4.42. The molecule has 1 amide bonds. The molecule has 0 atom stereocenters. The van der Waals surface area contributed by atoms with Gasteiger partial charge in [0, 0.05) is 24.8 Å². The number of amides is 1. The standard InChI is InChI=1S/C20H19FN4O/c1-14-6-2-3-7-15(14)12-24-20-22-11-10-18(25-20)19(26)23-13-16-8-4-5-9-17(16)21/h2-11H,12-13H2,1H3,(H,23,26)(H,22,24,25). The van der Waals surface area contributed by atoms with E-state index in [2.05, 4.69) is 20.6 Å². The number of halogens is 1. The summed E-state index contributed by atoms with van der Waals surface area (Å²) in [6.45, 7) is 2.69. The van der Waals surface area contributed by atoms with E-state index in [0.29, 0.717) is 18.1 Å². The van der Waals surface area contributed by atoms with Gasteiger partial charge in [0.25, 0.3) is 5.91 Å². The number of hydrogen-bond acceptors (Lipinski definition) is 4. The smallest absolute Gasteiger partial charge is 0.270 e. The summed E-state index contributed by atoms with van der Waals surface area (Å²) in [6, 6.07) is 15.9. The zero-order valence-corrected chi connectivity index (χ0v) is 14.4. The maximum atomic E-state index is 13.6. The van der Waals surface area contributed by atoms with Crippen LogP contribution in [0, 0.1) is 12.7 Å². The molecule has 26 heavy (non-hydrogen) atoms. The summed E-state index contributed by atoms with van der Waals surface area (Å²) >= 11 is 0. The number of aromatic nitrogens is 2. The molecular weight excluding hydrogens is 331 g/mol. The SMILES string of the molecule is Cc1ccccc1CNc1nccc(C(=O)NCc2ccccc2F)n1. The Morgan fingerprint density at radius 1 is 1.00 bits per heavy atom. The van der Waals surface area contributed by atoms with Crippen LogP contribution in [0.2, 0.25) is 0 Å². The van der Waals surface area contributed by atoms with Crippen molar-refractivity contribution in [1.29, 1.82) is 0 Å². The Hall–Kier alpha value is -3.28. The van der Waals surface area contributed by atoms with Crippen LogP contribution in [0.5, 0.6) is 0 Å². The van der Waals surface area contributed by atoms with E-state index in [9.17, 15) is 9.18 Å². The summed E-state index contributed by atoms with van der Waals surface area (Å²) in [5.74, 6) is -0.363. The van der Waals surface area contributed by atoms with Crippen molar-refractivity contribution in [3.05, 3.63) is 89.0 Å². The molecule has 0 bridgehead atoms. The van der Waals surface area contributed by atoms with E-state index in [0.717, 1.165) is 5.56 Å². The van der Waals surface area contributed by atoms with E-state index in [1.165, 1.54) is 23.9 Å². The molecule has 0 aliphatic carbocycles. The highest BCUT2D eigenvalue weighted by Crippen LogP contribution is 2.10. The van der Waals surface area contributed by atoms with Crippen molar-refractivity contribution in [3.63, 3.8) is 0 Å². The minimum atomic E-state index is -0.380. The van der Waals surface area contributed by atoms with Crippen molar-refractivity contribution in [2.24, 2.45) is 0 Å². The zero-order chi connectivity index (χ0) is 18.4. The van der Waals surface area contributed by atoms with Crippen LogP contribution in [0.25, 0.3) is 0 Å². The molecule has 6 heteroatoms. The molecule has 0 spiro atoms. The molecule has 0 aliphatic heterocycles. The molecule has 0 aliphatic rings. The minimum absolute atomic E-state index is 0.0987. The molecule has 1 heterocycles. The van der Waals surface area contributed by atoms with Gasteiger partial charge in [-0.25, -0.2) is 14.4 Å². The Morgan fingerprint density at radius 2 is 1.73 bits per heavy atom. The third-order valence-corrected chi connectivity index (χ3v) is 3.98. The lowest BCUT2D eigenvalue weighted by molar-refractivity contribution is 0.0945. The molecule has 3 rings (SSSR count). The number of nitrogens with zero attached hydrogens (tertiary/aromatic N) is 2. The van der Waals surface area contributed by atoms with Gasteiger partial charge in [0.2, 0.25) is 5.95 Å².